The number of piperazine rings is 1. The number of hydrogen-bond donors (Lipinski definition) is 0. The number of carbonyl (C=O) groups excluding carboxylic acids is 2. The predicted molar refractivity (Wildman–Crippen MR) is 170 cm³/mol. The zero-order valence-corrected chi connectivity index (χ0v) is 25.1. The first-order chi connectivity index (χ1) is 21.4. The Bertz CT molecular complexity index is 1800. The fourth-order valence-electron chi connectivity index (χ4n) is 5.57. The van der Waals surface area contributed by atoms with Crippen LogP contribution in [0.2, 0.25) is 0 Å². The Hall–Kier alpha value is -5.18. The molecule has 1 fully saturated rings. The molecule has 3 aromatic carbocycles. The zero-order valence-electron chi connectivity index (χ0n) is 25.1. The quantitative estimate of drug-likeness (QED) is 0.215. The van der Waals surface area contributed by atoms with Gasteiger partial charge in [-0.15, -0.1) is 0 Å². The summed E-state index contributed by atoms with van der Waals surface area (Å²) in [6.07, 6.45) is 3.64. The summed E-state index contributed by atoms with van der Waals surface area (Å²) in [5.41, 5.74) is 5.06. The van der Waals surface area contributed by atoms with E-state index in [0.29, 0.717) is 37.8 Å². The van der Waals surface area contributed by atoms with Gasteiger partial charge in [-0.2, -0.15) is 0 Å². The summed E-state index contributed by atoms with van der Waals surface area (Å²) in [5, 5.41) is 1.04. The van der Waals surface area contributed by atoms with Gasteiger partial charge in [-0.05, 0) is 38.1 Å². The number of hydrogen-bond acceptors (Lipinski definition) is 7. The molecule has 44 heavy (non-hydrogen) atoms. The van der Waals surface area contributed by atoms with Gasteiger partial charge >= 0.3 is 5.97 Å². The van der Waals surface area contributed by atoms with Gasteiger partial charge in [0.1, 0.15) is 23.9 Å². The van der Waals surface area contributed by atoms with Crippen molar-refractivity contribution in [3.8, 4) is 22.8 Å². The molecule has 6 rings (SSSR count). The fourth-order valence-corrected chi connectivity index (χ4v) is 5.57. The number of amides is 1. The number of esters is 1. The Balaban J connectivity index is 1.33. The third kappa shape index (κ3) is 6.13. The summed E-state index contributed by atoms with van der Waals surface area (Å²) < 4.78 is 13.1. The van der Waals surface area contributed by atoms with Crippen LogP contribution in [0.25, 0.3) is 28.0 Å². The number of para-hydroxylation sites is 1. The van der Waals surface area contributed by atoms with Crippen LogP contribution in [0.1, 0.15) is 29.9 Å². The van der Waals surface area contributed by atoms with E-state index in [2.05, 4.69) is 16.0 Å². The number of carbonyl (C=O) groups is 2. The van der Waals surface area contributed by atoms with Gasteiger partial charge < -0.3 is 19.3 Å². The Labute approximate surface area is 256 Å². The van der Waals surface area contributed by atoms with E-state index in [0.717, 1.165) is 39.2 Å². The third-order valence-corrected chi connectivity index (χ3v) is 7.81. The highest BCUT2D eigenvalue weighted by molar-refractivity contribution is 5.93. The van der Waals surface area contributed by atoms with Gasteiger partial charge in [-0.1, -0.05) is 54.1 Å². The van der Waals surface area contributed by atoms with E-state index in [1.165, 1.54) is 6.92 Å². The molecule has 9 heteroatoms. The summed E-state index contributed by atoms with van der Waals surface area (Å²) >= 11 is 0. The molecule has 1 atom stereocenters. The van der Waals surface area contributed by atoms with Crippen LogP contribution in [0.5, 0.6) is 5.75 Å². The van der Waals surface area contributed by atoms with Crippen molar-refractivity contribution in [2.24, 2.45) is 0 Å². The predicted octanol–water partition coefficient (Wildman–Crippen LogP) is 5.69. The highest BCUT2D eigenvalue weighted by atomic mass is 16.5. The molecule has 0 radical (unpaired) electrons. The third-order valence-electron chi connectivity index (χ3n) is 7.81. The van der Waals surface area contributed by atoms with Gasteiger partial charge in [0.25, 0.3) is 5.91 Å². The van der Waals surface area contributed by atoms with E-state index in [1.54, 1.807) is 11.1 Å². The monoisotopic (exact) mass is 589 g/mol. The highest BCUT2D eigenvalue weighted by Crippen LogP contribution is 2.28. The molecule has 0 saturated carbocycles. The van der Waals surface area contributed by atoms with Crippen molar-refractivity contribution < 1.29 is 19.1 Å². The van der Waals surface area contributed by atoms with Crippen LogP contribution in [0.3, 0.4) is 0 Å². The fraction of sp³-hybridized carbons (Fsp3) is 0.257. The van der Waals surface area contributed by atoms with E-state index in [4.69, 9.17) is 14.5 Å². The second-order valence-electron chi connectivity index (χ2n) is 10.9. The van der Waals surface area contributed by atoms with Crippen molar-refractivity contribution >= 4 is 28.5 Å². The maximum absolute atomic E-state index is 14.2. The number of fused-ring (bicyclic) bond motifs is 1. The number of imidazole rings is 1. The molecule has 5 aromatic rings. The molecule has 9 nitrogen and oxygen atoms in total. The van der Waals surface area contributed by atoms with E-state index in [9.17, 15) is 9.59 Å². The Morgan fingerprint density at radius 3 is 2.57 bits per heavy atom. The molecule has 1 aliphatic rings. The van der Waals surface area contributed by atoms with E-state index in [-0.39, 0.29) is 24.5 Å². The summed E-state index contributed by atoms with van der Waals surface area (Å²) in [4.78, 5) is 39.5. The lowest BCUT2D eigenvalue weighted by atomic mass is 10.1. The minimum absolute atomic E-state index is 0.0838. The maximum Gasteiger partial charge on any atom is 0.302 e. The average molecular weight is 590 g/mol. The van der Waals surface area contributed by atoms with Crippen molar-refractivity contribution in [3.63, 3.8) is 0 Å². The van der Waals surface area contributed by atoms with Gasteiger partial charge in [-0.3, -0.25) is 19.1 Å². The average Bonchev–Trinajstić information content (AvgIpc) is 3.49. The summed E-state index contributed by atoms with van der Waals surface area (Å²) in [6, 6.07) is 25.5. The second kappa shape index (κ2) is 12.6. The highest BCUT2D eigenvalue weighted by Gasteiger charge is 2.34. The molecule has 0 unspecified atom stereocenters. The SMILES string of the molecule is CCOc1cccc(-n2cc(C(=O)N3CCN(c4cnc5ccccc5c4)C[C@@H]3COC(C)=O)nc2-c2ccc(C)cc2)c1. The molecule has 0 aliphatic carbocycles. The van der Waals surface area contributed by atoms with Gasteiger partial charge in [0.05, 0.1) is 35.7 Å². The minimum Gasteiger partial charge on any atom is -0.494 e. The molecule has 1 aliphatic heterocycles. The van der Waals surface area contributed by atoms with Crippen LogP contribution < -0.4 is 9.64 Å². The largest absolute Gasteiger partial charge is 0.494 e. The lowest BCUT2D eigenvalue weighted by Gasteiger charge is -2.41. The number of rotatable bonds is 8. The summed E-state index contributed by atoms with van der Waals surface area (Å²) in [6.45, 7) is 7.52. The van der Waals surface area contributed by atoms with E-state index in [1.807, 2.05) is 97.4 Å². The first-order valence-corrected chi connectivity index (χ1v) is 14.8. The molecule has 1 saturated heterocycles. The smallest absolute Gasteiger partial charge is 0.302 e. The van der Waals surface area contributed by atoms with Gasteiger partial charge in [0.2, 0.25) is 0 Å². The van der Waals surface area contributed by atoms with Crippen LogP contribution in [-0.4, -0.2) is 70.2 Å². The molecule has 0 spiro atoms. The number of aromatic nitrogens is 3. The number of anilines is 1. The van der Waals surface area contributed by atoms with Crippen LogP contribution in [0.4, 0.5) is 5.69 Å². The first kappa shape index (κ1) is 28.9. The second-order valence-corrected chi connectivity index (χ2v) is 10.9. The Morgan fingerprint density at radius 2 is 1.77 bits per heavy atom. The number of ether oxygens (including phenoxy) is 2. The molecule has 224 valence electrons. The molecule has 1 amide bonds. The van der Waals surface area contributed by atoms with Gasteiger partial charge in [0.15, 0.2) is 0 Å². The molecule has 3 heterocycles. The van der Waals surface area contributed by atoms with Crippen LogP contribution >= 0.6 is 0 Å². The van der Waals surface area contributed by atoms with Crippen LogP contribution in [0, 0.1) is 6.92 Å². The van der Waals surface area contributed by atoms with Gasteiger partial charge in [-0.25, -0.2) is 4.98 Å². The summed E-state index contributed by atoms with van der Waals surface area (Å²) in [5.74, 6) is 0.787. The molecular formula is C35H35N5O4. The first-order valence-electron chi connectivity index (χ1n) is 14.8. The Morgan fingerprint density at radius 1 is 0.955 bits per heavy atom. The van der Waals surface area contributed by atoms with E-state index >= 15 is 0 Å². The molecular weight excluding hydrogens is 554 g/mol. The number of nitrogens with zero attached hydrogens (tertiary/aromatic N) is 5. The topological polar surface area (TPSA) is 89.8 Å². The van der Waals surface area contributed by atoms with Crippen LogP contribution in [0.15, 0.2) is 91.3 Å². The summed E-state index contributed by atoms with van der Waals surface area (Å²) in [7, 11) is 0. The number of pyridine rings is 1. The van der Waals surface area contributed by atoms with Crippen molar-refractivity contribution in [1.82, 2.24) is 19.4 Å². The van der Waals surface area contributed by atoms with Crippen molar-refractivity contribution in [3.05, 3.63) is 103 Å². The molecule has 2 aromatic heterocycles. The van der Waals surface area contributed by atoms with Crippen molar-refractivity contribution in [1.29, 1.82) is 0 Å². The molecule has 0 bridgehead atoms. The maximum atomic E-state index is 14.2. The van der Waals surface area contributed by atoms with Crippen molar-refractivity contribution in [2.45, 2.75) is 26.8 Å². The minimum atomic E-state index is -0.387. The zero-order chi connectivity index (χ0) is 30.6. The van der Waals surface area contributed by atoms with Gasteiger partial charge in [0, 0.05) is 49.8 Å². The normalized spacial score (nSPS) is 14.9. The number of benzene rings is 3. The van der Waals surface area contributed by atoms with Crippen LogP contribution in [-0.2, 0) is 9.53 Å². The molecule has 0 N–H and O–H groups in total. The number of aryl methyl sites for hydroxylation is 1. The lowest BCUT2D eigenvalue weighted by Crippen LogP contribution is -2.57. The Kier molecular flexibility index (Phi) is 8.27. The van der Waals surface area contributed by atoms with E-state index < -0.39 is 0 Å². The standard InChI is InChI=1S/C35H35N5O4/c1-4-43-31-10-7-9-28(19-31)40-22-33(37-34(40)26-14-12-24(2)13-15-26)35(42)39-17-16-38(21-30(39)23-44-25(3)41)29-18-27-8-5-6-11-32(27)36-20-29/h5-15,18-20,22,30H,4,16-17,21,23H2,1-3H3/t30-/m1/s1. The van der Waals surface area contributed by atoms with Crippen molar-refractivity contribution in [2.75, 3.05) is 37.7 Å². The lowest BCUT2D eigenvalue weighted by molar-refractivity contribution is -0.142.